The fourth-order valence-corrected chi connectivity index (χ4v) is 1.88. The Bertz CT molecular complexity index is 758. The van der Waals surface area contributed by atoms with Gasteiger partial charge in [0.25, 0.3) is 0 Å². The number of anilines is 2. The van der Waals surface area contributed by atoms with Gasteiger partial charge >= 0.3 is 0 Å². The maximum atomic E-state index is 10.9. The fraction of sp³-hybridized carbons (Fsp3) is 0. The third-order valence-corrected chi connectivity index (χ3v) is 2.93. The van der Waals surface area contributed by atoms with Gasteiger partial charge in [0.1, 0.15) is 11.6 Å². The Balaban J connectivity index is 1.73. The number of hydrogen-bond donors (Lipinski definition) is 1. The molecule has 5 heteroatoms. The zero-order valence-electron chi connectivity index (χ0n) is 11.6. The van der Waals surface area contributed by atoms with Crippen molar-refractivity contribution in [3.63, 3.8) is 0 Å². The molecule has 2 aromatic heterocycles. The summed E-state index contributed by atoms with van der Waals surface area (Å²) in [5, 5.41) is 3.18. The zero-order valence-corrected chi connectivity index (χ0v) is 11.6. The van der Waals surface area contributed by atoms with E-state index in [1.807, 2.05) is 30.3 Å². The van der Waals surface area contributed by atoms with Crippen LogP contribution in [0.25, 0.3) is 0 Å². The zero-order chi connectivity index (χ0) is 15.2. The Morgan fingerprint density at radius 2 is 1.73 bits per heavy atom. The molecule has 5 nitrogen and oxygen atoms in total. The smallest absolute Gasteiger partial charge is 0.229 e. The van der Waals surface area contributed by atoms with Gasteiger partial charge < -0.3 is 10.1 Å². The third kappa shape index (κ3) is 3.27. The number of pyridine rings is 2. The number of carbonyl (C=O) groups is 1. The molecule has 0 aliphatic carbocycles. The highest BCUT2D eigenvalue weighted by Crippen LogP contribution is 2.24. The van der Waals surface area contributed by atoms with Gasteiger partial charge in [-0.1, -0.05) is 6.07 Å². The SMILES string of the molecule is O=Cc1cccnc1Oc1ccc(Nc2ccccn2)cc1. The lowest BCUT2D eigenvalue weighted by Gasteiger charge is -2.08. The summed E-state index contributed by atoms with van der Waals surface area (Å²) in [5.41, 5.74) is 1.31. The lowest BCUT2D eigenvalue weighted by atomic mass is 10.3. The van der Waals surface area contributed by atoms with Crippen LogP contribution in [-0.4, -0.2) is 16.3 Å². The monoisotopic (exact) mass is 291 g/mol. The number of aromatic nitrogens is 2. The predicted molar refractivity (Wildman–Crippen MR) is 83.7 cm³/mol. The van der Waals surface area contributed by atoms with E-state index >= 15 is 0 Å². The number of aldehydes is 1. The van der Waals surface area contributed by atoms with Gasteiger partial charge in [-0.2, -0.15) is 0 Å². The molecule has 0 spiro atoms. The number of ether oxygens (including phenoxy) is 1. The minimum atomic E-state index is 0.294. The topological polar surface area (TPSA) is 64.1 Å². The lowest BCUT2D eigenvalue weighted by Crippen LogP contribution is -1.94. The van der Waals surface area contributed by atoms with Crippen molar-refractivity contribution < 1.29 is 9.53 Å². The molecule has 0 bridgehead atoms. The Labute approximate surface area is 127 Å². The van der Waals surface area contributed by atoms with Crippen LogP contribution in [0.2, 0.25) is 0 Å². The molecule has 1 aromatic carbocycles. The number of nitrogens with one attached hydrogen (secondary N) is 1. The Morgan fingerprint density at radius 1 is 0.909 bits per heavy atom. The second-order valence-corrected chi connectivity index (χ2v) is 4.48. The van der Waals surface area contributed by atoms with Crippen molar-refractivity contribution in [2.24, 2.45) is 0 Å². The van der Waals surface area contributed by atoms with E-state index in [4.69, 9.17) is 4.74 Å². The highest BCUT2D eigenvalue weighted by molar-refractivity contribution is 5.78. The van der Waals surface area contributed by atoms with E-state index < -0.39 is 0 Å². The predicted octanol–water partition coefficient (Wildman–Crippen LogP) is 3.83. The van der Waals surface area contributed by atoms with Crippen molar-refractivity contribution in [2.45, 2.75) is 0 Å². The third-order valence-electron chi connectivity index (χ3n) is 2.93. The highest BCUT2D eigenvalue weighted by atomic mass is 16.5. The summed E-state index contributed by atoms with van der Waals surface area (Å²) >= 11 is 0. The van der Waals surface area contributed by atoms with Crippen LogP contribution < -0.4 is 10.1 Å². The van der Waals surface area contributed by atoms with Crippen LogP contribution in [0.3, 0.4) is 0 Å². The van der Waals surface area contributed by atoms with Crippen molar-refractivity contribution in [3.05, 3.63) is 72.6 Å². The molecule has 0 radical (unpaired) electrons. The van der Waals surface area contributed by atoms with Gasteiger partial charge in [-0.15, -0.1) is 0 Å². The maximum absolute atomic E-state index is 10.9. The second kappa shape index (κ2) is 6.49. The molecule has 0 aliphatic rings. The summed E-state index contributed by atoms with van der Waals surface area (Å²) < 4.78 is 5.62. The van der Waals surface area contributed by atoms with Crippen LogP contribution in [0.4, 0.5) is 11.5 Å². The van der Waals surface area contributed by atoms with E-state index in [0.29, 0.717) is 17.2 Å². The molecular weight excluding hydrogens is 278 g/mol. The van der Waals surface area contributed by atoms with Crippen LogP contribution in [0.5, 0.6) is 11.6 Å². The summed E-state index contributed by atoms with van der Waals surface area (Å²) in [4.78, 5) is 19.2. The van der Waals surface area contributed by atoms with E-state index in [1.54, 1.807) is 36.7 Å². The second-order valence-electron chi connectivity index (χ2n) is 4.48. The number of hydrogen-bond acceptors (Lipinski definition) is 5. The van der Waals surface area contributed by atoms with Gasteiger partial charge in [0.15, 0.2) is 6.29 Å². The molecule has 22 heavy (non-hydrogen) atoms. The molecule has 0 saturated heterocycles. The van der Waals surface area contributed by atoms with E-state index in [1.165, 1.54) is 0 Å². The van der Waals surface area contributed by atoms with Gasteiger partial charge in [0.05, 0.1) is 5.56 Å². The summed E-state index contributed by atoms with van der Waals surface area (Å²) in [6.07, 6.45) is 4.03. The molecule has 0 aliphatic heterocycles. The van der Waals surface area contributed by atoms with Crippen LogP contribution >= 0.6 is 0 Å². The molecule has 2 heterocycles. The molecule has 0 unspecified atom stereocenters. The Kier molecular flexibility index (Phi) is 4.06. The summed E-state index contributed by atoms with van der Waals surface area (Å²) in [7, 11) is 0. The minimum absolute atomic E-state index is 0.294. The Morgan fingerprint density at radius 3 is 2.45 bits per heavy atom. The largest absolute Gasteiger partial charge is 0.438 e. The number of carbonyl (C=O) groups excluding carboxylic acids is 1. The highest BCUT2D eigenvalue weighted by Gasteiger charge is 2.05. The number of benzene rings is 1. The average molecular weight is 291 g/mol. The normalized spacial score (nSPS) is 10.0. The molecule has 0 amide bonds. The van der Waals surface area contributed by atoms with Crippen LogP contribution in [0.15, 0.2) is 67.0 Å². The Hall–Kier alpha value is -3.21. The maximum Gasteiger partial charge on any atom is 0.229 e. The first kappa shape index (κ1) is 13.8. The van der Waals surface area contributed by atoms with Crippen molar-refractivity contribution in [1.82, 2.24) is 9.97 Å². The lowest BCUT2D eigenvalue weighted by molar-refractivity contribution is 0.112. The van der Waals surface area contributed by atoms with Gasteiger partial charge in [-0.25, -0.2) is 9.97 Å². The number of nitrogens with zero attached hydrogens (tertiary/aromatic N) is 2. The number of rotatable bonds is 5. The standard InChI is InChI=1S/C17H13N3O2/c21-12-13-4-3-11-19-17(13)22-15-8-6-14(7-9-15)20-16-5-1-2-10-18-16/h1-12H,(H,18,20). The van der Waals surface area contributed by atoms with Gasteiger partial charge in [-0.05, 0) is 48.5 Å². The molecule has 3 rings (SSSR count). The van der Waals surface area contributed by atoms with Crippen molar-refractivity contribution in [2.75, 3.05) is 5.32 Å². The van der Waals surface area contributed by atoms with Crippen LogP contribution in [0.1, 0.15) is 10.4 Å². The first-order chi connectivity index (χ1) is 10.8. The molecule has 1 N–H and O–H groups in total. The molecule has 0 saturated carbocycles. The van der Waals surface area contributed by atoms with E-state index in [2.05, 4.69) is 15.3 Å². The fourth-order valence-electron chi connectivity index (χ4n) is 1.88. The van der Waals surface area contributed by atoms with Gasteiger partial charge in [-0.3, -0.25) is 4.79 Å². The summed E-state index contributed by atoms with van der Waals surface area (Å²) in [5.74, 6) is 1.67. The first-order valence-corrected chi connectivity index (χ1v) is 6.71. The quantitative estimate of drug-likeness (QED) is 0.724. The van der Waals surface area contributed by atoms with Crippen molar-refractivity contribution >= 4 is 17.8 Å². The first-order valence-electron chi connectivity index (χ1n) is 6.71. The summed E-state index contributed by atoms with van der Waals surface area (Å²) in [6.45, 7) is 0. The van der Waals surface area contributed by atoms with Crippen LogP contribution in [-0.2, 0) is 0 Å². The average Bonchev–Trinajstić information content (AvgIpc) is 2.58. The van der Waals surface area contributed by atoms with Gasteiger partial charge in [0.2, 0.25) is 5.88 Å². The van der Waals surface area contributed by atoms with Crippen molar-refractivity contribution in [1.29, 1.82) is 0 Å². The molecule has 0 atom stereocenters. The van der Waals surface area contributed by atoms with Crippen molar-refractivity contribution in [3.8, 4) is 11.6 Å². The molecule has 3 aromatic rings. The van der Waals surface area contributed by atoms with Crippen LogP contribution in [0, 0.1) is 0 Å². The van der Waals surface area contributed by atoms with E-state index in [9.17, 15) is 4.79 Å². The molecule has 108 valence electrons. The molecular formula is C17H13N3O2. The summed E-state index contributed by atoms with van der Waals surface area (Å²) in [6, 6.07) is 16.3. The molecule has 0 fully saturated rings. The van der Waals surface area contributed by atoms with E-state index in [0.717, 1.165) is 17.8 Å². The van der Waals surface area contributed by atoms with E-state index in [-0.39, 0.29) is 0 Å². The van der Waals surface area contributed by atoms with Gasteiger partial charge in [0, 0.05) is 18.1 Å². The minimum Gasteiger partial charge on any atom is -0.438 e.